The highest BCUT2D eigenvalue weighted by molar-refractivity contribution is 7.99. The first-order valence-corrected chi connectivity index (χ1v) is 12.0. The summed E-state index contributed by atoms with van der Waals surface area (Å²) in [6, 6.07) is 17.7. The van der Waals surface area contributed by atoms with E-state index < -0.39 is 24.0 Å². The predicted octanol–water partition coefficient (Wildman–Crippen LogP) is 4.33. The lowest BCUT2D eigenvalue weighted by atomic mass is 10.00. The van der Waals surface area contributed by atoms with Crippen LogP contribution in [0.1, 0.15) is 31.2 Å². The van der Waals surface area contributed by atoms with Gasteiger partial charge in [-0.1, -0.05) is 53.7 Å². The van der Waals surface area contributed by atoms with Crippen LogP contribution in [0.2, 0.25) is 5.02 Å². The third kappa shape index (κ3) is 5.67. The fraction of sp³-hybridized carbons (Fsp3) is 0.333. The van der Waals surface area contributed by atoms with Gasteiger partial charge in [0.05, 0.1) is 29.4 Å². The van der Waals surface area contributed by atoms with Crippen LogP contribution < -0.4 is 5.32 Å². The van der Waals surface area contributed by atoms with Crippen molar-refractivity contribution in [3.63, 3.8) is 0 Å². The lowest BCUT2D eigenvalue weighted by molar-refractivity contribution is -0.146. The summed E-state index contributed by atoms with van der Waals surface area (Å²) < 4.78 is 7.17. The van der Waals surface area contributed by atoms with Gasteiger partial charge in [0.15, 0.2) is 11.8 Å². The average Bonchev–Trinajstić information content (AvgIpc) is 3.42. The maximum atomic E-state index is 12.3. The Labute approximate surface area is 201 Å². The van der Waals surface area contributed by atoms with Crippen molar-refractivity contribution in [2.24, 2.45) is 0 Å². The summed E-state index contributed by atoms with van der Waals surface area (Å²) in [7, 11) is 0. The molecule has 1 fully saturated rings. The summed E-state index contributed by atoms with van der Waals surface area (Å²) >= 11 is 7.38. The molecule has 0 spiro atoms. The van der Waals surface area contributed by atoms with Crippen molar-refractivity contribution in [1.82, 2.24) is 14.9 Å². The standard InChI is InChI=1S/C24H23ClN4O3S/c25-18-8-9-20-19(12-18)27-23(29(20)13-17-6-2-1-3-7-17)33-15-22(31)32-14-21(30)28-24(16-26)10-4-5-11-24/h1-3,6-9,12H,4-5,10-11,13-15H2,(H,28,30). The van der Waals surface area contributed by atoms with Crippen molar-refractivity contribution in [1.29, 1.82) is 5.26 Å². The van der Waals surface area contributed by atoms with Crippen LogP contribution >= 0.6 is 23.4 Å². The number of rotatable bonds is 8. The topological polar surface area (TPSA) is 97.0 Å². The van der Waals surface area contributed by atoms with Gasteiger partial charge in [0.25, 0.3) is 5.91 Å². The maximum Gasteiger partial charge on any atom is 0.316 e. The lowest BCUT2D eigenvalue weighted by Crippen LogP contribution is -2.46. The number of nitrogens with one attached hydrogen (secondary N) is 1. The highest BCUT2D eigenvalue weighted by atomic mass is 35.5. The smallest absolute Gasteiger partial charge is 0.316 e. The fourth-order valence-corrected chi connectivity index (χ4v) is 4.95. The fourth-order valence-electron chi connectivity index (χ4n) is 3.97. The van der Waals surface area contributed by atoms with E-state index in [2.05, 4.69) is 16.4 Å². The molecular formula is C24H23ClN4O3S. The number of halogens is 1. The number of nitriles is 1. The van der Waals surface area contributed by atoms with Gasteiger partial charge in [0, 0.05) is 5.02 Å². The van der Waals surface area contributed by atoms with Gasteiger partial charge in [-0.2, -0.15) is 5.26 Å². The van der Waals surface area contributed by atoms with E-state index in [-0.39, 0.29) is 5.75 Å². The van der Waals surface area contributed by atoms with Gasteiger partial charge in [-0.25, -0.2) is 4.98 Å². The first-order chi connectivity index (χ1) is 16.0. The second-order valence-corrected chi connectivity index (χ2v) is 9.38. The molecule has 1 aliphatic carbocycles. The number of carbonyl (C=O) groups is 2. The SMILES string of the molecule is N#CC1(NC(=O)COC(=O)CSc2nc3cc(Cl)ccc3n2Cc2ccccc2)CCCC1. The zero-order valence-corrected chi connectivity index (χ0v) is 19.5. The monoisotopic (exact) mass is 482 g/mol. The largest absolute Gasteiger partial charge is 0.455 e. The molecule has 3 aromatic rings. The van der Waals surface area contributed by atoms with Crippen molar-refractivity contribution >= 4 is 46.3 Å². The molecule has 0 bridgehead atoms. The van der Waals surface area contributed by atoms with Crippen molar-refractivity contribution in [3.8, 4) is 6.07 Å². The van der Waals surface area contributed by atoms with E-state index >= 15 is 0 Å². The van der Waals surface area contributed by atoms with Crippen molar-refractivity contribution < 1.29 is 14.3 Å². The molecule has 1 aromatic heterocycles. The van der Waals surface area contributed by atoms with E-state index in [0.717, 1.165) is 29.4 Å². The number of hydrogen-bond acceptors (Lipinski definition) is 6. The number of benzene rings is 2. The predicted molar refractivity (Wildman–Crippen MR) is 127 cm³/mol. The zero-order chi connectivity index (χ0) is 23.3. The molecule has 0 saturated heterocycles. The van der Waals surface area contributed by atoms with Gasteiger partial charge >= 0.3 is 5.97 Å². The molecule has 0 radical (unpaired) electrons. The number of carbonyl (C=O) groups excluding carboxylic acids is 2. The van der Waals surface area contributed by atoms with Crippen LogP contribution in [0.25, 0.3) is 11.0 Å². The molecule has 0 aliphatic heterocycles. The molecule has 9 heteroatoms. The molecule has 2 aromatic carbocycles. The normalized spacial score (nSPS) is 14.7. The second-order valence-electron chi connectivity index (χ2n) is 8.00. The number of ether oxygens (including phenoxy) is 1. The van der Waals surface area contributed by atoms with Gasteiger partial charge < -0.3 is 14.6 Å². The molecule has 33 heavy (non-hydrogen) atoms. The maximum absolute atomic E-state index is 12.3. The third-order valence-corrected chi connectivity index (χ3v) is 6.78. The molecule has 0 unspecified atom stereocenters. The quantitative estimate of drug-likeness (QED) is 0.379. The second kappa shape index (κ2) is 10.3. The van der Waals surface area contributed by atoms with E-state index in [9.17, 15) is 14.9 Å². The van der Waals surface area contributed by atoms with Gasteiger partial charge in [0.2, 0.25) is 0 Å². The Balaban J connectivity index is 1.39. The van der Waals surface area contributed by atoms with Crippen LogP contribution in [0.15, 0.2) is 53.7 Å². The van der Waals surface area contributed by atoms with E-state index in [1.54, 1.807) is 6.07 Å². The van der Waals surface area contributed by atoms with Crippen LogP contribution in [-0.2, 0) is 20.9 Å². The van der Waals surface area contributed by atoms with Gasteiger partial charge in [-0.05, 0) is 49.4 Å². The molecule has 170 valence electrons. The van der Waals surface area contributed by atoms with E-state index in [1.807, 2.05) is 47.0 Å². The number of amides is 1. The zero-order valence-electron chi connectivity index (χ0n) is 17.9. The van der Waals surface area contributed by atoms with Crippen molar-refractivity contribution in [2.75, 3.05) is 12.4 Å². The number of aromatic nitrogens is 2. The van der Waals surface area contributed by atoms with Crippen molar-refractivity contribution in [2.45, 2.75) is 42.9 Å². The summed E-state index contributed by atoms with van der Waals surface area (Å²) in [5.74, 6) is -0.977. The number of nitrogens with zero attached hydrogens (tertiary/aromatic N) is 3. The molecule has 1 amide bonds. The summed E-state index contributed by atoms with van der Waals surface area (Å²) in [6.45, 7) is 0.188. The number of hydrogen-bond donors (Lipinski definition) is 1. The Morgan fingerprint density at radius 1 is 1.21 bits per heavy atom. The first-order valence-electron chi connectivity index (χ1n) is 10.7. The first kappa shape index (κ1) is 23.1. The molecule has 7 nitrogen and oxygen atoms in total. The number of fused-ring (bicyclic) bond motifs is 1. The summed E-state index contributed by atoms with van der Waals surface area (Å²) in [6.07, 6.45) is 3.06. The van der Waals surface area contributed by atoms with E-state index in [0.29, 0.717) is 29.6 Å². The molecule has 1 heterocycles. The number of imidazole rings is 1. The molecule has 0 atom stereocenters. The van der Waals surface area contributed by atoms with Crippen LogP contribution in [0.3, 0.4) is 0 Å². The Morgan fingerprint density at radius 3 is 2.70 bits per heavy atom. The van der Waals surface area contributed by atoms with E-state index in [1.165, 1.54) is 11.8 Å². The Bertz CT molecular complexity index is 1200. The Kier molecular flexibility index (Phi) is 7.21. The molecule has 4 rings (SSSR count). The van der Waals surface area contributed by atoms with Crippen molar-refractivity contribution in [3.05, 3.63) is 59.1 Å². The number of esters is 1. The molecule has 1 N–H and O–H groups in total. The minimum absolute atomic E-state index is 0.00250. The minimum atomic E-state index is -0.832. The summed E-state index contributed by atoms with van der Waals surface area (Å²) in [5.41, 5.74) is 1.93. The highest BCUT2D eigenvalue weighted by Gasteiger charge is 2.35. The van der Waals surface area contributed by atoms with Crippen LogP contribution in [0.5, 0.6) is 0 Å². The van der Waals surface area contributed by atoms with Crippen LogP contribution in [0.4, 0.5) is 0 Å². The Hall–Kier alpha value is -3.02. The van der Waals surface area contributed by atoms with E-state index in [4.69, 9.17) is 16.3 Å². The van der Waals surface area contributed by atoms with Gasteiger partial charge in [0.1, 0.15) is 5.54 Å². The molecular weight excluding hydrogens is 460 g/mol. The van der Waals surface area contributed by atoms with Gasteiger partial charge in [-0.3, -0.25) is 9.59 Å². The summed E-state index contributed by atoms with van der Waals surface area (Å²) in [5, 5.41) is 13.3. The third-order valence-electron chi connectivity index (χ3n) is 5.59. The Morgan fingerprint density at radius 2 is 1.97 bits per heavy atom. The van der Waals surface area contributed by atoms with Crippen LogP contribution in [0, 0.1) is 11.3 Å². The molecule has 1 saturated carbocycles. The average molecular weight is 483 g/mol. The minimum Gasteiger partial charge on any atom is -0.455 e. The number of thioether (sulfide) groups is 1. The highest BCUT2D eigenvalue weighted by Crippen LogP contribution is 2.29. The van der Waals surface area contributed by atoms with Gasteiger partial charge in [-0.15, -0.1) is 0 Å². The lowest BCUT2D eigenvalue weighted by Gasteiger charge is -2.21. The summed E-state index contributed by atoms with van der Waals surface area (Å²) in [4.78, 5) is 29.1. The molecule has 1 aliphatic rings. The van der Waals surface area contributed by atoms with Crippen LogP contribution in [-0.4, -0.2) is 39.3 Å².